The zero-order chi connectivity index (χ0) is 23.1. The van der Waals surface area contributed by atoms with Gasteiger partial charge >= 0.3 is 0 Å². The minimum atomic E-state index is -0.252. The van der Waals surface area contributed by atoms with Gasteiger partial charge in [-0.3, -0.25) is 9.79 Å². The Morgan fingerprint density at radius 1 is 1.38 bits per heavy atom. The maximum absolute atomic E-state index is 11.3. The number of nitrogens with two attached hydrogens (primary N) is 2. The van der Waals surface area contributed by atoms with Crippen molar-refractivity contribution in [3.8, 4) is 11.8 Å². The van der Waals surface area contributed by atoms with Crippen LogP contribution < -0.4 is 16.8 Å². The van der Waals surface area contributed by atoms with Crippen LogP contribution in [0.1, 0.15) is 42.5 Å². The number of benzene rings is 1. The van der Waals surface area contributed by atoms with E-state index in [0.717, 1.165) is 49.6 Å². The summed E-state index contributed by atoms with van der Waals surface area (Å²) >= 11 is 0. The van der Waals surface area contributed by atoms with Gasteiger partial charge in [0.1, 0.15) is 17.5 Å². The third kappa shape index (κ3) is 5.58. The average Bonchev–Trinajstić information content (AvgIpc) is 3.09. The third-order valence-corrected chi connectivity index (χ3v) is 5.78. The van der Waals surface area contributed by atoms with E-state index < -0.39 is 0 Å². The number of anilines is 1. The number of nitrogen functional groups attached to an aromatic ring is 1. The van der Waals surface area contributed by atoms with Crippen LogP contribution >= 0.6 is 0 Å². The van der Waals surface area contributed by atoms with Crippen molar-refractivity contribution in [2.75, 3.05) is 32.4 Å². The highest BCUT2D eigenvalue weighted by Gasteiger charge is 2.23. The van der Waals surface area contributed by atoms with E-state index in [1.807, 2.05) is 31.2 Å². The Morgan fingerprint density at radius 2 is 2.12 bits per heavy atom. The van der Waals surface area contributed by atoms with Gasteiger partial charge in [-0.1, -0.05) is 17.7 Å². The number of aryl methyl sites for hydroxylation is 2. The SMILES string of the molecule is CN=C(NCCCc1nn(-c2ccc(C)cc2)c(N)c1C#N)N1CCCC(CC(N)=O)C1. The molecule has 3 rings (SSSR count). The number of carbonyl (C=O) groups is 1. The van der Waals surface area contributed by atoms with Crippen molar-refractivity contribution >= 4 is 17.7 Å². The quantitative estimate of drug-likeness (QED) is 0.343. The Labute approximate surface area is 189 Å². The molecule has 1 atom stereocenters. The molecule has 32 heavy (non-hydrogen) atoms. The number of likely N-dealkylation sites (tertiary alicyclic amines) is 1. The molecule has 0 bridgehead atoms. The van der Waals surface area contributed by atoms with E-state index in [2.05, 4.69) is 26.4 Å². The number of amides is 1. The zero-order valence-corrected chi connectivity index (χ0v) is 18.8. The minimum Gasteiger partial charge on any atom is -0.382 e. The van der Waals surface area contributed by atoms with Gasteiger partial charge in [0.15, 0.2) is 5.96 Å². The normalized spacial score (nSPS) is 16.6. The molecule has 1 aromatic heterocycles. The Bertz CT molecular complexity index is 1000. The summed E-state index contributed by atoms with van der Waals surface area (Å²) in [6, 6.07) is 10.1. The number of rotatable bonds is 7. The van der Waals surface area contributed by atoms with Crippen molar-refractivity contribution in [3.05, 3.63) is 41.1 Å². The molecule has 0 saturated carbocycles. The molecule has 0 aliphatic carbocycles. The van der Waals surface area contributed by atoms with E-state index in [9.17, 15) is 10.1 Å². The summed E-state index contributed by atoms with van der Waals surface area (Å²) in [7, 11) is 1.76. The van der Waals surface area contributed by atoms with Gasteiger partial charge in [0.05, 0.1) is 11.4 Å². The van der Waals surface area contributed by atoms with E-state index in [0.29, 0.717) is 36.5 Å². The Kier molecular flexibility index (Phi) is 7.71. The predicted molar refractivity (Wildman–Crippen MR) is 125 cm³/mol. The van der Waals surface area contributed by atoms with Gasteiger partial charge in [-0.05, 0) is 50.7 Å². The fourth-order valence-corrected chi connectivity index (χ4v) is 4.15. The third-order valence-electron chi connectivity index (χ3n) is 5.78. The van der Waals surface area contributed by atoms with Crippen LogP contribution in [0.2, 0.25) is 0 Å². The summed E-state index contributed by atoms with van der Waals surface area (Å²) < 4.78 is 1.63. The van der Waals surface area contributed by atoms with Crippen LogP contribution in [-0.4, -0.2) is 53.2 Å². The Balaban J connectivity index is 1.58. The average molecular weight is 437 g/mol. The lowest BCUT2D eigenvalue weighted by Gasteiger charge is -2.34. The van der Waals surface area contributed by atoms with Crippen LogP contribution in [0.15, 0.2) is 29.3 Å². The number of aliphatic imine (C=N–C) groups is 1. The first-order chi connectivity index (χ1) is 15.4. The van der Waals surface area contributed by atoms with E-state index in [1.54, 1.807) is 11.7 Å². The number of primary amides is 1. The summed E-state index contributed by atoms with van der Waals surface area (Å²) in [5.41, 5.74) is 14.7. The first-order valence-corrected chi connectivity index (χ1v) is 11.0. The number of hydrogen-bond donors (Lipinski definition) is 3. The number of nitrogens with zero attached hydrogens (tertiary/aromatic N) is 5. The van der Waals surface area contributed by atoms with Crippen molar-refractivity contribution in [3.63, 3.8) is 0 Å². The zero-order valence-electron chi connectivity index (χ0n) is 18.8. The molecule has 0 spiro atoms. The molecule has 1 aliphatic rings. The van der Waals surface area contributed by atoms with Crippen molar-refractivity contribution in [2.24, 2.45) is 16.6 Å². The summed E-state index contributed by atoms with van der Waals surface area (Å²) in [4.78, 5) is 17.8. The molecule has 1 fully saturated rings. The molecule has 5 N–H and O–H groups in total. The fourth-order valence-electron chi connectivity index (χ4n) is 4.15. The van der Waals surface area contributed by atoms with Crippen LogP contribution in [0.25, 0.3) is 5.69 Å². The maximum atomic E-state index is 11.3. The number of carbonyl (C=O) groups excluding carboxylic acids is 1. The summed E-state index contributed by atoms with van der Waals surface area (Å²) in [6.45, 7) is 4.39. The van der Waals surface area contributed by atoms with E-state index >= 15 is 0 Å². The fraction of sp³-hybridized carbons (Fsp3) is 0.478. The molecule has 2 aromatic rings. The van der Waals surface area contributed by atoms with Crippen LogP contribution in [-0.2, 0) is 11.2 Å². The highest BCUT2D eigenvalue weighted by atomic mass is 16.1. The number of guanidine groups is 1. The first kappa shape index (κ1) is 23.1. The molecule has 1 amide bonds. The van der Waals surface area contributed by atoms with E-state index in [4.69, 9.17) is 11.5 Å². The van der Waals surface area contributed by atoms with Crippen molar-refractivity contribution < 1.29 is 4.79 Å². The molecule has 9 heteroatoms. The van der Waals surface area contributed by atoms with Crippen molar-refractivity contribution in [1.82, 2.24) is 20.0 Å². The first-order valence-electron chi connectivity index (χ1n) is 11.0. The second kappa shape index (κ2) is 10.7. The molecule has 0 radical (unpaired) electrons. The molecule has 9 nitrogen and oxygen atoms in total. The van der Waals surface area contributed by atoms with Crippen LogP contribution in [0, 0.1) is 24.2 Å². The molecule has 1 saturated heterocycles. The highest BCUT2D eigenvalue weighted by molar-refractivity contribution is 5.80. The van der Waals surface area contributed by atoms with Gasteiger partial charge < -0.3 is 21.7 Å². The van der Waals surface area contributed by atoms with Gasteiger partial charge in [0.25, 0.3) is 0 Å². The van der Waals surface area contributed by atoms with Gasteiger partial charge in [0, 0.05) is 33.1 Å². The van der Waals surface area contributed by atoms with Gasteiger partial charge in [-0.15, -0.1) is 0 Å². The van der Waals surface area contributed by atoms with Gasteiger partial charge in [-0.25, -0.2) is 4.68 Å². The molecule has 1 aliphatic heterocycles. The smallest absolute Gasteiger partial charge is 0.217 e. The number of hydrogen-bond acceptors (Lipinski definition) is 5. The molecular formula is C23H32N8O. The second-order valence-electron chi connectivity index (χ2n) is 8.27. The summed E-state index contributed by atoms with van der Waals surface area (Å²) in [5, 5.41) is 17.6. The molecule has 2 heterocycles. The molecule has 1 aromatic carbocycles. The number of nitrogens with one attached hydrogen (secondary N) is 1. The standard InChI is InChI=1S/C23H32N8O/c1-16-7-9-18(10-8-16)31-22(26)19(14-24)20(29-31)6-3-11-28-23(27-2)30-12-4-5-17(15-30)13-21(25)32/h7-10,17H,3-6,11-13,15,26H2,1-2H3,(H2,25,32)(H,27,28). The predicted octanol–water partition coefficient (Wildman–Crippen LogP) is 1.73. The summed E-state index contributed by atoms with van der Waals surface area (Å²) in [5.74, 6) is 1.21. The Morgan fingerprint density at radius 3 is 2.78 bits per heavy atom. The number of nitriles is 1. The molecular weight excluding hydrogens is 404 g/mol. The van der Waals surface area contributed by atoms with Crippen LogP contribution in [0.5, 0.6) is 0 Å². The lowest BCUT2D eigenvalue weighted by Crippen LogP contribution is -2.47. The second-order valence-corrected chi connectivity index (χ2v) is 8.27. The minimum absolute atomic E-state index is 0.252. The van der Waals surface area contributed by atoms with Crippen molar-refractivity contribution in [2.45, 2.75) is 39.0 Å². The number of aromatic nitrogens is 2. The van der Waals surface area contributed by atoms with E-state index in [-0.39, 0.29) is 11.8 Å². The monoisotopic (exact) mass is 436 g/mol. The lowest BCUT2D eigenvalue weighted by molar-refractivity contribution is -0.119. The van der Waals surface area contributed by atoms with Crippen LogP contribution in [0.4, 0.5) is 5.82 Å². The van der Waals surface area contributed by atoms with E-state index in [1.165, 1.54) is 0 Å². The topological polar surface area (TPSA) is 138 Å². The largest absolute Gasteiger partial charge is 0.382 e. The van der Waals surface area contributed by atoms with Gasteiger partial charge in [-0.2, -0.15) is 10.4 Å². The highest BCUT2D eigenvalue weighted by Crippen LogP contribution is 2.22. The lowest BCUT2D eigenvalue weighted by atomic mass is 9.95. The van der Waals surface area contributed by atoms with Gasteiger partial charge in [0.2, 0.25) is 5.91 Å². The van der Waals surface area contributed by atoms with Crippen LogP contribution in [0.3, 0.4) is 0 Å². The summed E-state index contributed by atoms with van der Waals surface area (Å²) in [6.07, 6.45) is 3.84. The molecule has 170 valence electrons. The van der Waals surface area contributed by atoms with Crippen molar-refractivity contribution in [1.29, 1.82) is 5.26 Å². The maximum Gasteiger partial charge on any atom is 0.217 e. The molecule has 1 unspecified atom stereocenters. The Hall–Kier alpha value is -3.54. The number of piperidine rings is 1.